The SMILES string of the molecule is Cc1cc(Cl)nc(Cl)c1NC(=O)c1ccccc1CCN. The number of hydrogen-bond acceptors (Lipinski definition) is 3. The molecule has 2 aromatic rings. The quantitative estimate of drug-likeness (QED) is 0.847. The fourth-order valence-corrected chi connectivity index (χ4v) is 2.62. The molecule has 0 aliphatic heterocycles. The van der Waals surface area contributed by atoms with Gasteiger partial charge in [0.2, 0.25) is 0 Å². The van der Waals surface area contributed by atoms with Gasteiger partial charge in [-0.1, -0.05) is 41.4 Å². The highest BCUT2D eigenvalue weighted by molar-refractivity contribution is 6.35. The number of carbonyl (C=O) groups excluding carboxylic acids is 1. The summed E-state index contributed by atoms with van der Waals surface area (Å²) in [5.41, 5.74) is 8.26. The monoisotopic (exact) mass is 323 g/mol. The van der Waals surface area contributed by atoms with Crippen molar-refractivity contribution in [2.24, 2.45) is 5.73 Å². The van der Waals surface area contributed by atoms with E-state index in [1.807, 2.05) is 18.2 Å². The zero-order valence-corrected chi connectivity index (χ0v) is 13.0. The van der Waals surface area contributed by atoms with Crippen molar-refractivity contribution < 1.29 is 4.79 Å². The standard InChI is InChI=1S/C15H15Cl2N3O/c1-9-8-12(16)19-14(17)13(9)20-15(21)11-5-3-2-4-10(11)6-7-18/h2-5,8H,6-7,18H2,1H3,(H,20,21). The highest BCUT2D eigenvalue weighted by Gasteiger charge is 2.15. The van der Waals surface area contributed by atoms with Crippen LogP contribution in [0.1, 0.15) is 21.5 Å². The molecule has 0 saturated heterocycles. The first-order chi connectivity index (χ1) is 10.0. The smallest absolute Gasteiger partial charge is 0.256 e. The zero-order valence-electron chi connectivity index (χ0n) is 11.5. The molecule has 2 rings (SSSR count). The highest BCUT2D eigenvalue weighted by atomic mass is 35.5. The molecular formula is C15H15Cl2N3O. The number of nitrogens with zero attached hydrogens (tertiary/aromatic N) is 1. The average molecular weight is 324 g/mol. The average Bonchev–Trinajstić information content (AvgIpc) is 2.43. The molecule has 0 atom stereocenters. The molecule has 0 aliphatic carbocycles. The normalized spacial score (nSPS) is 10.5. The second kappa shape index (κ2) is 6.89. The Morgan fingerprint density at radius 2 is 2.05 bits per heavy atom. The van der Waals surface area contributed by atoms with Crippen molar-refractivity contribution in [1.29, 1.82) is 0 Å². The second-order valence-electron chi connectivity index (χ2n) is 4.58. The van der Waals surface area contributed by atoms with Crippen LogP contribution in [0.2, 0.25) is 10.3 Å². The lowest BCUT2D eigenvalue weighted by molar-refractivity contribution is 0.102. The highest BCUT2D eigenvalue weighted by Crippen LogP contribution is 2.27. The van der Waals surface area contributed by atoms with Gasteiger partial charge in [-0.05, 0) is 43.1 Å². The number of aryl methyl sites for hydroxylation is 1. The van der Waals surface area contributed by atoms with Gasteiger partial charge in [0.05, 0.1) is 5.69 Å². The van der Waals surface area contributed by atoms with Crippen LogP contribution in [-0.2, 0) is 6.42 Å². The van der Waals surface area contributed by atoms with Crippen LogP contribution in [0.3, 0.4) is 0 Å². The summed E-state index contributed by atoms with van der Waals surface area (Å²) in [7, 11) is 0. The Bertz CT molecular complexity index is 651. The summed E-state index contributed by atoms with van der Waals surface area (Å²) in [6.07, 6.45) is 0.634. The van der Waals surface area contributed by atoms with Gasteiger partial charge >= 0.3 is 0 Å². The number of benzene rings is 1. The van der Waals surface area contributed by atoms with Gasteiger partial charge in [0, 0.05) is 5.56 Å². The number of anilines is 1. The maximum Gasteiger partial charge on any atom is 0.256 e. The third-order valence-electron chi connectivity index (χ3n) is 3.06. The molecule has 0 bridgehead atoms. The molecule has 0 aliphatic rings. The Hall–Kier alpha value is -1.62. The van der Waals surface area contributed by atoms with Crippen molar-refractivity contribution in [1.82, 2.24) is 4.98 Å². The van der Waals surface area contributed by atoms with Gasteiger partial charge in [-0.25, -0.2) is 4.98 Å². The number of aromatic nitrogens is 1. The number of halogens is 2. The fraction of sp³-hybridized carbons (Fsp3) is 0.200. The fourth-order valence-electron chi connectivity index (χ4n) is 2.04. The molecule has 0 fully saturated rings. The maximum absolute atomic E-state index is 12.4. The number of rotatable bonds is 4. The number of pyridine rings is 1. The Morgan fingerprint density at radius 3 is 2.71 bits per heavy atom. The van der Waals surface area contributed by atoms with Gasteiger partial charge in [0.1, 0.15) is 5.15 Å². The molecular weight excluding hydrogens is 309 g/mol. The molecule has 3 N–H and O–H groups in total. The van der Waals surface area contributed by atoms with E-state index in [9.17, 15) is 4.79 Å². The van der Waals surface area contributed by atoms with Crippen LogP contribution >= 0.6 is 23.2 Å². The second-order valence-corrected chi connectivity index (χ2v) is 5.32. The van der Waals surface area contributed by atoms with E-state index in [1.54, 1.807) is 19.1 Å². The summed E-state index contributed by atoms with van der Waals surface area (Å²) in [4.78, 5) is 16.4. The summed E-state index contributed by atoms with van der Waals surface area (Å²) in [5.74, 6) is -0.242. The zero-order chi connectivity index (χ0) is 15.4. The number of amides is 1. The number of nitrogens with two attached hydrogens (primary N) is 1. The minimum Gasteiger partial charge on any atom is -0.330 e. The van der Waals surface area contributed by atoms with Crippen LogP contribution in [0, 0.1) is 6.92 Å². The van der Waals surface area contributed by atoms with E-state index in [0.29, 0.717) is 29.4 Å². The van der Waals surface area contributed by atoms with E-state index in [0.717, 1.165) is 11.1 Å². The van der Waals surface area contributed by atoms with Crippen LogP contribution in [0.5, 0.6) is 0 Å². The number of nitrogens with one attached hydrogen (secondary N) is 1. The molecule has 0 spiro atoms. The van der Waals surface area contributed by atoms with Gasteiger partial charge in [-0.2, -0.15) is 0 Å². The Kier molecular flexibility index (Phi) is 5.17. The van der Waals surface area contributed by atoms with Crippen molar-refractivity contribution >= 4 is 34.8 Å². The Labute approximate surface area is 133 Å². The van der Waals surface area contributed by atoms with Gasteiger partial charge in [0.25, 0.3) is 5.91 Å². The van der Waals surface area contributed by atoms with Crippen LogP contribution in [0.4, 0.5) is 5.69 Å². The van der Waals surface area contributed by atoms with Crippen molar-refractivity contribution in [3.8, 4) is 0 Å². The summed E-state index contributed by atoms with van der Waals surface area (Å²) in [6.45, 7) is 2.29. The van der Waals surface area contributed by atoms with Crippen LogP contribution in [-0.4, -0.2) is 17.4 Å². The van der Waals surface area contributed by atoms with Crippen LogP contribution in [0.15, 0.2) is 30.3 Å². The lowest BCUT2D eigenvalue weighted by Crippen LogP contribution is -2.17. The number of carbonyl (C=O) groups is 1. The summed E-state index contributed by atoms with van der Waals surface area (Å²) in [6, 6.07) is 8.98. The summed E-state index contributed by atoms with van der Waals surface area (Å²) in [5, 5.41) is 3.25. The lowest BCUT2D eigenvalue weighted by Gasteiger charge is -2.12. The lowest BCUT2D eigenvalue weighted by atomic mass is 10.0. The Balaban J connectivity index is 2.31. The van der Waals surface area contributed by atoms with E-state index in [2.05, 4.69) is 10.3 Å². The van der Waals surface area contributed by atoms with Gasteiger partial charge in [0.15, 0.2) is 5.15 Å². The predicted octanol–water partition coefficient (Wildman–Crippen LogP) is 3.45. The third kappa shape index (κ3) is 3.73. The van der Waals surface area contributed by atoms with E-state index in [-0.39, 0.29) is 11.1 Å². The largest absolute Gasteiger partial charge is 0.330 e. The van der Waals surface area contributed by atoms with Gasteiger partial charge in [-0.3, -0.25) is 4.79 Å². The molecule has 0 saturated carbocycles. The third-order valence-corrected chi connectivity index (χ3v) is 3.52. The molecule has 0 unspecified atom stereocenters. The van der Waals surface area contributed by atoms with Gasteiger partial charge in [-0.15, -0.1) is 0 Å². The van der Waals surface area contributed by atoms with Gasteiger partial charge < -0.3 is 11.1 Å². The first-order valence-electron chi connectivity index (χ1n) is 6.45. The van der Waals surface area contributed by atoms with Crippen LogP contribution < -0.4 is 11.1 Å². The summed E-state index contributed by atoms with van der Waals surface area (Å²) >= 11 is 11.9. The predicted molar refractivity (Wildman–Crippen MR) is 86.1 cm³/mol. The van der Waals surface area contributed by atoms with Crippen LogP contribution in [0.25, 0.3) is 0 Å². The topological polar surface area (TPSA) is 68.0 Å². The van der Waals surface area contributed by atoms with E-state index < -0.39 is 0 Å². The minimum atomic E-state index is -0.242. The number of hydrogen-bond donors (Lipinski definition) is 2. The van der Waals surface area contributed by atoms with Crippen molar-refractivity contribution in [3.63, 3.8) is 0 Å². The van der Waals surface area contributed by atoms with E-state index in [1.165, 1.54) is 0 Å². The molecule has 1 heterocycles. The minimum absolute atomic E-state index is 0.171. The summed E-state index contributed by atoms with van der Waals surface area (Å²) < 4.78 is 0. The molecule has 6 heteroatoms. The first kappa shape index (κ1) is 15.8. The molecule has 110 valence electrons. The first-order valence-corrected chi connectivity index (χ1v) is 7.20. The molecule has 0 radical (unpaired) electrons. The Morgan fingerprint density at radius 1 is 1.33 bits per heavy atom. The van der Waals surface area contributed by atoms with E-state index >= 15 is 0 Å². The van der Waals surface area contributed by atoms with E-state index in [4.69, 9.17) is 28.9 Å². The molecule has 4 nitrogen and oxygen atoms in total. The van der Waals surface area contributed by atoms with Crippen molar-refractivity contribution in [2.75, 3.05) is 11.9 Å². The molecule has 1 amide bonds. The molecule has 21 heavy (non-hydrogen) atoms. The van der Waals surface area contributed by atoms with Crippen molar-refractivity contribution in [2.45, 2.75) is 13.3 Å². The molecule has 1 aromatic carbocycles. The van der Waals surface area contributed by atoms with Crippen molar-refractivity contribution in [3.05, 3.63) is 57.3 Å². The maximum atomic E-state index is 12.4. The molecule has 1 aromatic heterocycles.